The number of benzene rings is 4. The van der Waals surface area contributed by atoms with Gasteiger partial charge < -0.3 is 9.47 Å². The van der Waals surface area contributed by atoms with E-state index < -0.39 is 0 Å². The smallest absolute Gasteiger partial charge is 0.119 e. The van der Waals surface area contributed by atoms with Crippen molar-refractivity contribution in [1.82, 2.24) is 0 Å². The van der Waals surface area contributed by atoms with Crippen molar-refractivity contribution >= 4 is 17.5 Å². The summed E-state index contributed by atoms with van der Waals surface area (Å²) in [6.07, 6.45) is 2.07. The van der Waals surface area contributed by atoms with Crippen LogP contribution in [-0.4, -0.2) is 19.9 Å². The first-order valence-corrected chi connectivity index (χ1v) is 10.5. The molecule has 0 unspecified atom stereocenters. The SMILES string of the molecule is COc1cccc(/C=C(/N=C(c2ccccc2)c2ccccc2)c2cccc(OC)c2)c1. The molecule has 0 radical (unpaired) electrons. The van der Waals surface area contributed by atoms with Crippen LogP contribution in [0.25, 0.3) is 11.8 Å². The Labute approximate surface area is 189 Å². The Balaban J connectivity index is 1.92. The van der Waals surface area contributed by atoms with Gasteiger partial charge in [-0.15, -0.1) is 0 Å². The quantitative estimate of drug-likeness (QED) is 0.245. The molecule has 0 amide bonds. The summed E-state index contributed by atoms with van der Waals surface area (Å²) in [5.41, 5.74) is 5.82. The lowest BCUT2D eigenvalue weighted by Crippen LogP contribution is -2.04. The highest BCUT2D eigenvalue weighted by molar-refractivity contribution is 6.15. The van der Waals surface area contributed by atoms with Crippen molar-refractivity contribution < 1.29 is 9.47 Å². The summed E-state index contributed by atoms with van der Waals surface area (Å²) in [7, 11) is 3.35. The molecule has 4 aromatic rings. The molecule has 0 atom stereocenters. The largest absolute Gasteiger partial charge is 0.497 e. The Hall–Kier alpha value is -4.11. The lowest BCUT2D eigenvalue weighted by atomic mass is 10.0. The minimum absolute atomic E-state index is 0.787. The fourth-order valence-corrected chi connectivity index (χ4v) is 3.46. The number of aliphatic imine (C=N–C) groups is 1. The van der Waals surface area contributed by atoms with E-state index >= 15 is 0 Å². The molecule has 0 N–H and O–H groups in total. The van der Waals surface area contributed by atoms with Crippen LogP contribution in [0.2, 0.25) is 0 Å². The normalized spacial score (nSPS) is 11.0. The highest BCUT2D eigenvalue weighted by Crippen LogP contribution is 2.27. The molecule has 0 aliphatic rings. The van der Waals surface area contributed by atoms with Crippen molar-refractivity contribution in [1.29, 1.82) is 0 Å². The van der Waals surface area contributed by atoms with Crippen molar-refractivity contribution in [3.8, 4) is 11.5 Å². The maximum absolute atomic E-state index is 5.47. The molecule has 4 aromatic carbocycles. The van der Waals surface area contributed by atoms with Gasteiger partial charge in [-0.25, -0.2) is 4.99 Å². The van der Waals surface area contributed by atoms with Gasteiger partial charge in [-0.3, -0.25) is 0 Å². The molecule has 158 valence electrons. The van der Waals surface area contributed by atoms with Crippen LogP contribution >= 0.6 is 0 Å². The van der Waals surface area contributed by atoms with E-state index in [9.17, 15) is 0 Å². The van der Waals surface area contributed by atoms with Gasteiger partial charge in [0.2, 0.25) is 0 Å². The Bertz CT molecular complexity index is 1190. The minimum Gasteiger partial charge on any atom is -0.497 e. The number of rotatable bonds is 7. The molecule has 32 heavy (non-hydrogen) atoms. The molecule has 0 aromatic heterocycles. The van der Waals surface area contributed by atoms with Crippen molar-refractivity contribution in [2.75, 3.05) is 14.2 Å². The third kappa shape index (κ3) is 5.13. The van der Waals surface area contributed by atoms with E-state index in [0.29, 0.717) is 0 Å². The second kappa shape index (κ2) is 10.3. The number of methoxy groups -OCH3 is 2. The maximum Gasteiger partial charge on any atom is 0.119 e. The van der Waals surface area contributed by atoms with Gasteiger partial charge in [0.1, 0.15) is 11.5 Å². The number of hydrogen-bond donors (Lipinski definition) is 0. The third-order valence-electron chi connectivity index (χ3n) is 5.09. The minimum atomic E-state index is 0.787. The Morgan fingerprint density at radius 2 is 1.12 bits per heavy atom. The van der Waals surface area contributed by atoms with Gasteiger partial charge in [0.15, 0.2) is 0 Å². The first kappa shape index (κ1) is 21.1. The Morgan fingerprint density at radius 1 is 0.594 bits per heavy atom. The Kier molecular flexibility index (Phi) is 6.78. The lowest BCUT2D eigenvalue weighted by molar-refractivity contribution is 0.414. The van der Waals surface area contributed by atoms with Crippen molar-refractivity contribution in [2.24, 2.45) is 4.99 Å². The average Bonchev–Trinajstić information content (AvgIpc) is 2.87. The first-order valence-electron chi connectivity index (χ1n) is 10.5. The molecule has 0 heterocycles. The molecule has 4 rings (SSSR count). The van der Waals surface area contributed by atoms with Gasteiger partial charge in [-0.05, 0) is 35.9 Å². The second-order valence-electron chi connectivity index (χ2n) is 7.23. The molecular formula is C29H25NO2. The van der Waals surface area contributed by atoms with Crippen LogP contribution in [0.5, 0.6) is 11.5 Å². The van der Waals surface area contributed by atoms with E-state index in [1.54, 1.807) is 14.2 Å². The number of ether oxygens (including phenoxy) is 2. The van der Waals surface area contributed by atoms with Crippen LogP contribution in [-0.2, 0) is 0 Å². The fourth-order valence-electron chi connectivity index (χ4n) is 3.46. The highest BCUT2D eigenvalue weighted by Gasteiger charge is 2.10. The van der Waals surface area contributed by atoms with Crippen LogP contribution in [0, 0.1) is 0 Å². The van der Waals surface area contributed by atoms with Crippen LogP contribution in [0.15, 0.2) is 114 Å². The summed E-state index contributed by atoms with van der Waals surface area (Å²) in [5, 5.41) is 0. The maximum atomic E-state index is 5.47. The van der Waals surface area contributed by atoms with Gasteiger partial charge in [0.25, 0.3) is 0 Å². The van der Waals surface area contributed by atoms with E-state index in [4.69, 9.17) is 14.5 Å². The summed E-state index contributed by atoms with van der Waals surface area (Å²) in [6, 6.07) is 36.4. The lowest BCUT2D eigenvalue weighted by Gasteiger charge is -2.11. The number of hydrogen-bond acceptors (Lipinski definition) is 3. The van der Waals surface area contributed by atoms with Crippen molar-refractivity contribution in [2.45, 2.75) is 0 Å². The first-order chi connectivity index (χ1) is 15.8. The highest BCUT2D eigenvalue weighted by atomic mass is 16.5. The van der Waals surface area contributed by atoms with E-state index in [0.717, 1.165) is 45.2 Å². The van der Waals surface area contributed by atoms with Crippen LogP contribution in [0.4, 0.5) is 0 Å². The number of nitrogens with zero attached hydrogens (tertiary/aromatic N) is 1. The molecule has 0 aliphatic carbocycles. The van der Waals surface area contributed by atoms with Crippen LogP contribution in [0.3, 0.4) is 0 Å². The van der Waals surface area contributed by atoms with Crippen molar-refractivity contribution in [3.63, 3.8) is 0 Å². The summed E-state index contributed by atoms with van der Waals surface area (Å²) in [4.78, 5) is 5.19. The summed E-state index contributed by atoms with van der Waals surface area (Å²) < 4.78 is 10.9. The summed E-state index contributed by atoms with van der Waals surface area (Å²) in [5.74, 6) is 1.59. The van der Waals surface area contributed by atoms with Crippen LogP contribution in [0.1, 0.15) is 22.3 Å². The molecule has 3 heteroatoms. The molecule has 0 bridgehead atoms. The summed E-state index contributed by atoms with van der Waals surface area (Å²) in [6.45, 7) is 0. The predicted octanol–water partition coefficient (Wildman–Crippen LogP) is 6.74. The average molecular weight is 420 g/mol. The molecule has 3 nitrogen and oxygen atoms in total. The second-order valence-corrected chi connectivity index (χ2v) is 7.23. The van der Waals surface area contributed by atoms with Gasteiger partial charge >= 0.3 is 0 Å². The zero-order valence-electron chi connectivity index (χ0n) is 18.2. The predicted molar refractivity (Wildman–Crippen MR) is 132 cm³/mol. The van der Waals surface area contributed by atoms with Gasteiger partial charge in [0.05, 0.1) is 25.6 Å². The molecule has 0 fully saturated rings. The van der Waals surface area contributed by atoms with E-state index in [-0.39, 0.29) is 0 Å². The van der Waals surface area contributed by atoms with Crippen LogP contribution < -0.4 is 9.47 Å². The topological polar surface area (TPSA) is 30.8 Å². The molecule has 0 spiro atoms. The summed E-state index contributed by atoms with van der Waals surface area (Å²) >= 11 is 0. The van der Waals surface area contributed by atoms with Gasteiger partial charge in [-0.1, -0.05) is 84.9 Å². The Morgan fingerprint density at radius 3 is 1.72 bits per heavy atom. The molecular weight excluding hydrogens is 394 g/mol. The third-order valence-corrected chi connectivity index (χ3v) is 5.09. The van der Waals surface area contributed by atoms with Gasteiger partial charge in [-0.2, -0.15) is 0 Å². The molecule has 0 saturated carbocycles. The van der Waals surface area contributed by atoms with E-state index in [1.807, 2.05) is 84.9 Å². The fraction of sp³-hybridized carbons (Fsp3) is 0.0690. The van der Waals surface area contributed by atoms with Crippen molar-refractivity contribution in [3.05, 3.63) is 131 Å². The zero-order valence-corrected chi connectivity index (χ0v) is 18.2. The van der Waals surface area contributed by atoms with E-state index in [1.165, 1.54) is 0 Å². The van der Waals surface area contributed by atoms with Gasteiger partial charge in [0, 0.05) is 16.7 Å². The molecule has 0 saturated heterocycles. The van der Waals surface area contributed by atoms with E-state index in [2.05, 4.69) is 30.3 Å². The zero-order chi connectivity index (χ0) is 22.2. The standard InChI is InChI=1S/C29H25NO2/c1-31-26-17-9-11-22(19-26)20-28(25-16-10-18-27(21-25)32-2)30-29(23-12-5-3-6-13-23)24-14-7-4-8-15-24/h3-21H,1-2H3/b28-20+. The molecule has 0 aliphatic heterocycles. The monoisotopic (exact) mass is 419 g/mol.